The van der Waals surface area contributed by atoms with Crippen molar-refractivity contribution in [3.05, 3.63) is 29.6 Å². The van der Waals surface area contributed by atoms with E-state index in [9.17, 15) is 9.18 Å². The number of carbonyl (C=O) groups excluding carboxylic acids is 1. The fraction of sp³-hybridized carbons (Fsp3) is 0.500. The van der Waals surface area contributed by atoms with Crippen LogP contribution in [0.3, 0.4) is 0 Å². The van der Waals surface area contributed by atoms with Crippen molar-refractivity contribution in [2.75, 3.05) is 7.11 Å². The maximum atomic E-state index is 13.2. The summed E-state index contributed by atoms with van der Waals surface area (Å²) in [6, 6.07) is 4.11. The van der Waals surface area contributed by atoms with Gasteiger partial charge in [0, 0.05) is 5.41 Å². The summed E-state index contributed by atoms with van der Waals surface area (Å²) in [5.41, 5.74) is 0.0260. The Morgan fingerprint density at radius 2 is 2.00 bits per heavy atom. The van der Waals surface area contributed by atoms with E-state index in [-0.39, 0.29) is 11.2 Å². The number of Topliss-reactive ketones (excluding diaryl/α,β-unsaturated/α-hetero) is 1. The van der Waals surface area contributed by atoms with Gasteiger partial charge >= 0.3 is 0 Å². The monoisotopic (exact) mass is 236 g/mol. The van der Waals surface area contributed by atoms with Crippen LogP contribution in [0.2, 0.25) is 0 Å². The third-order valence-corrected chi connectivity index (χ3v) is 3.66. The molecule has 0 unspecified atom stereocenters. The summed E-state index contributed by atoms with van der Waals surface area (Å²) in [5, 5.41) is 0. The molecule has 1 aromatic carbocycles. The molecule has 2 rings (SSSR count). The van der Waals surface area contributed by atoms with E-state index < -0.39 is 5.82 Å². The second-order valence-electron chi connectivity index (χ2n) is 4.94. The highest BCUT2D eigenvalue weighted by molar-refractivity contribution is 6.02. The van der Waals surface area contributed by atoms with Crippen LogP contribution in [0.15, 0.2) is 18.2 Å². The van der Waals surface area contributed by atoms with E-state index in [1.54, 1.807) is 0 Å². The van der Waals surface area contributed by atoms with Crippen molar-refractivity contribution >= 4 is 5.78 Å². The van der Waals surface area contributed by atoms with Crippen molar-refractivity contribution in [3.63, 3.8) is 0 Å². The summed E-state index contributed by atoms with van der Waals surface area (Å²) >= 11 is 0. The molecule has 0 heterocycles. The van der Waals surface area contributed by atoms with Gasteiger partial charge in [0.1, 0.15) is 11.6 Å². The number of halogens is 1. The molecule has 0 N–H and O–H groups in total. The Kier molecular flexibility index (Phi) is 3.18. The number of methoxy groups -OCH3 is 1. The van der Waals surface area contributed by atoms with Gasteiger partial charge in [-0.25, -0.2) is 4.39 Å². The first-order chi connectivity index (χ1) is 8.07. The number of hydrogen-bond acceptors (Lipinski definition) is 2. The summed E-state index contributed by atoms with van der Waals surface area (Å²) in [6.45, 7) is 1.96. The summed E-state index contributed by atoms with van der Waals surface area (Å²) in [7, 11) is 1.50. The van der Waals surface area contributed by atoms with Crippen LogP contribution in [0.4, 0.5) is 4.39 Å². The van der Waals surface area contributed by atoms with Crippen LogP contribution in [0.25, 0.3) is 0 Å². The van der Waals surface area contributed by atoms with Crippen LogP contribution in [-0.4, -0.2) is 12.9 Å². The van der Waals surface area contributed by atoms with Crippen molar-refractivity contribution in [1.82, 2.24) is 0 Å². The second kappa shape index (κ2) is 4.47. The molecule has 0 spiro atoms. The van der Waals surface area contributed by atoms with Crippen molar-refractivity contribution in [2.24, 2.45) is 5.41 Å². The number of rotatable bonds is 3. The van der Waals surface area contributed by atoms with Crippen LogP contribution in [0.1, 0.15) is 43.0 Å². The molecule has 0 atom stereocenters. The highest BCUT2D eigenvalue weighted by atomic mass is 19.1. The van der Waals surface area contributed by atoms with Gasteiger partial charge in [-0.15, -0.1) is 0 Å². The standard InChI is InChI=1S/C14H17FO2/c1-14(7-3-4-8-14)13(16)11-9-10(15)5-6-12(11)17-2/h5-6,9H,3-4,7-8H2,1-2H3. The minimum atomic E-state index is -0.393. The van der Waals surface area contributed by atoms with Gasteiger partial charge in [-0.05, 0) is 31.0 Å². The number of ether oxygens (including phenoxy) is 1. The first-order valence-corrected chi connectivity index (χ1v) is 5.95. The Bertz CT molecular complexity index is 434. The molecule has 0 radical (unpaired) electrons. The molecule has 1 saturated carbocycles. The van der Waals surface area contributed by atoms with Gasteiger partial charge < -0.3 is 4.74 Å². The average molecular weight is 236 g/mol. The molecule has 2 nitrogen and oxygen atoms in total. The minimum Gasteiger partial charge on any atom is -0.496 e. The van der Waals surface area contributed by atoms with Crippen molar-refractivity contribution in [1.29, 1.82) is 0 Å². The number of benzene rings is 1. The number of carbonyl (C=O) groups is 1. The van der Waals surface area contributed by atoms with E-state index in [2.05, 4.69) is 0 Å². The molecule has 92 valence electrons. The summed E-state index contributed by atoms with van der Waals surface area (Å²) in [5.74, 6) is 0.0756. The van der Waals surface area contributed by atoms with Crippen molar-refractivity contribution in [2.45, 2.75) is 32.6 Å². The van der Waals surface area contributed by atoms with Crippen LogP contribution in [0, 0.1) is 11.2 Å². The zero-order chi connectivity index (χ0) is 12.5. The quantitative estimate of drug-likeness (QED) is 0.749. The summed E-state index contributed by atoms with van der Waals surface area (Å²) in [6.07, 6.45) is 3.90. The molecule has 1 aromatic rings. The molecule has 1 aliphatic rings. The zero-order valence-corrected chi connectivity index (χ0v) is 10.3. The van der Waals surface area contributed by atoms with Gasteiger partial charge in [0.2, 0.25) is 0 Å². The van der Waals surface area contributed by atoms with Gasteiger partial charge in [0.25, 0.3) is 0 Å². The van der Waals surface area contributed by atoms with E-state index in [1.165, 1.54) is 25.3 Å². The number of ketones is 1. The fourth-order valence-electron chi connectivity index (χ4n) is 2.57. The lowest BCUT2D eigenvalue weighted by molar-refractivity contribution is 0.0819. The molecule has 17 heavy (non-hydrogen) atoms. The van der Waals surface area contributed by atoms with Gasteiger partial charge in [0.15, 0.2) is 5.78 Å². The van der Waals surface area contributed by atoms with Gasteiger partial charge in [-0.1, -0.05) is 19.8 Å². The molecule has 1 fully saturated rings. The average Bonchev–Trinajstić information content (AvgIpc) is 2.76. The fourth-order valence-corrected chi connectivity index (χ4v) is 2.57. The maximum absolute atomic E-state index is 13.2. The molecular formula is C14H17FO2. The molecule has 0 aromatic heterocycles. The lowest BCUT2D eigenvalue weighted by atomic mass is 9.80. The Hall–Kier alpha value is -1.38. The van der Waals surface area contributed by atoms with E-state index >= 15 is 0 Å². The lowest BCUT2D eigenvalue weighted by Gasteiger charge is -2.22. The number of hydrogen-bond donors (Lipinski definition) is 0. The van der Waals surface area contributed by atoms with Crippen LogP contribution < -0.4 is 4.74 Å². The molecule has 0 amide bonds. The van der Waals surface area contributed by atoms with Gasteiger partial charge in [-0.3, -0.25) is 4.79 Å². The van der Waals surface area contributed by atoms with Gasteiger partial charge in [-0.2, -0.15) is 0 Å². The van der Waals surface area contributed by atoms with Crippen LogP contribution in [0.5, 0.6) is 5.75 Å². The second-order valence-corrected chi connectivity index (χ2v) is 4.94. The van der Waals surface area contributed by atoms with Crippen LogP contribution in [-0.2, 0) is 0 Å². The Morgan fingerprint density at radius 1 is 1.35 bits per heavy atom. The van der Waals surface area contributed by atoms with E-state index in [1.807, 2.05) is 6.92 Å². The molecule has 1 aliphatic carbocycles. The van der Waals surface area contributed by atoms with Crippen molar-refractivity contribution < 1.29 is 13.9 Å². The molecular weight excluding hydrogens is 219 g/mol. The van der Waals surface area contributed by atoms with E-state index in [0.717, 1.165) is 25.7 Å². The predicted molar refractivity (Wildman–Crippen MR) is 63.9 cm³/mol. The Morgan fingerprint density at radius 3 is 2.59 bits per heavy atom. The first-order valence-electron chi connectivity index (χ1n) is 5.95. The largest absolute Gasteiger partial charge is 0.496 e. The molecule has 0 bridgehead atoms. The van der Waals surface area contributed by atoms with Gasteiger partial charge in [0.05, 0.1) is 12.7 Å². The van der Waals surface area contributed by atoms with E-state index in [0.29, 0.717) is 11.3 Å². The smallest absolute Gasteiger partial charge is 0.172 e. The SMILES string of the molecule is COc1ccc(F)cc1C(=O)C1(C)CCCC1. The van der Waals surface area contributed by atoms with E-state index in [4.69, 9.17) is 4.74 Å². The Balaban J connectivity index is 2.39. The molecule has 0 aliphatic heterocycles. The summed E-state index contributed by atoms with van der Waals surface area (Å²) < 4.78 is 18.4. The minimum absolute atomic E-state index is 0.00588. The third-order valence-electron chi connectivity index (χ3n) is 3.66. The predicted octanol–water partition coefficient (Wildman–Crippen LogP) is 3.60. The van der Waals surface area contributed by atoms with Crippen molar-refractivity contribution in [3.8, 4) is 5.75 Å². The van der Waals surface area contributed by atoms with Crippen LogP contribution >= 0.6 is 0 Å². The molecule has 3 heteroatoms. The molecule has 0 saturated heterocycles. The zero-order valence-electron chi connectivity index (χ0n) is 10.3. The highest BCUT2D eigenvalue weighted by Gasteiger charge is 2.37. The normalized spacial score (nSPS) is 18.1. The topological polar surface area (TPSA) is 26.3 Å². The first kappa shape index (κ1) is 12.1. The summed E-state index contributed by atoms with van der Waals surface area (Å²) in [4.78, 5) is 12.5. The third kappa shape index (κ3) is 2.19. The maximum Gasteiger partial charge on any atom is 0.172 e. The lowest BCUT2D eigenvalue weighted by Crippen LogP contribution is -2.24. The Labute approximate surface area is 101 Å². The highest BCUT2D eigenvalue weighted by Crippen LogP contribution is 2.41.